The lowest BCUT2D eigenvalue weighted by Gasteiger charge is -2.32. The fourth-order valence-corrected chi connectivity index (χ4v) is 3.04. The molecule has 0 radical (unpaired) electrons. The smallest absolute Gasteiger partial charge is 0.287 e. The van der Waals surface area contributed by atoms with E-state index in [-0.39, 0.29) is 18.0 Å². The zero-order chi connectivity index (χ0) is 17.6. The number of nitrogens with one attached hydrogen (secondary N) is 2. The van der Waals surface area contributed by atoms with E-state index in [4.69, 9.17) is 9.15 Å². The van der Waals surface area contributed by atoms with E-state index in [9.17, 15) is 4.79 Å². The third-order valence-electron chi connectivity index (χ3n) is 4.41. The molecule has 7 nitrogen and oxygen atoms in total. The second kappa shape index (κ2) is 8.11. The molecule has 0 aromatic carbocycles. The van der Waals surface area contributed by atoms with Crippen molar-refractivity contribution < 1.29 is 13.9 Å². The van der Waals surface area contributed by atoms with Crippen molar-refractivity contribution in [3.63, 3.8) is 0 Å². The van der Waals surface area contributed by atoms with Gasteiger partial charge in [-0.25, -0.2) is 9.97 Å². The molecule has 2 aromatic heterocycles. The first-order valence-corrected chi connectivity index (χ1v) is 8.74. The van der Waals surface area contributed by atoms with E-state index in [2.05, 4.69) is 27.5 Å². The molecule has 0 saturated carbocycles. The maximum Gasteiger partial charge on any atom is 0.287 e. The van der Waals surface area contributed by atoms with Crippen LogP contribution in [0.5, 0.6) is 0 Å². The van der Waals surface area contributed by atoms with Gasteiger partial charge in [-0.3, -0.25) is 4.79 Å². The molecule has 1 fully saturated rings. The number of ether oxygens (including phenoxy) is 1. The molecule has 3 rings (SSSR count). The zero-order valence-corrected chi connectivity index (χ0v) is 14.6. The van der Waals surface area contributed by atoms with Crippen LogP contribution >= 0.6 is 0 Å². The SMILES string of the molecule is CCc1cc(C(=O)N[C@H]2CCOC[C@H]2Nc2ccncn2)oc1CC. The molecule has 0 unspecified atom stereocenters. The van der Waals surface area contributed by atoms with Crippen molar-refractivity contribution in [2.45, 2.75) is 45.2 Å². The molecule has 0 bridgehead atoms. The van der Waals surface area contributed by atoms with Crippen LogP contribution in [0.1, 0.15) is 42.1 Å². The number of carbonyl (C=O) groups excluding carboxylic acids is 1. The van der Waals surface area contributed by atoms with Crippen LogP contribution < -0.4 is 10.6 Å². The molecular formula is C18H24N4O3. The molecule has 1 aliphatic heterocycles. The molecule has 1 aliphatic rings. The summed E-state index contributed by atoms with van der Waals surface area (Å²) in [6.07, 6.45) is 5.53. The first-order chi connectivity index (χ1) is 12.2. The summed E-state index contributed by atoms with van der Waals surface area (Å²) < 4.78 is 11.3. The van der Waals surface area contributed by atoms with E-state index < -0.39 is 0 Å². The molecule has 0 spiro atoms. The number of hydrogen-bond acceptors (Lipinski definition) is 6. The number of aromatic nitrogens is 2. The first kappa shape index (κ1) is 17.4. The van der Waals surface area contributed by atoms with Gasteiger partial charge in [-0.2, -0.15) is 0 Å². The van der Waals surface area contributed by atoms with Crippen molar-refractivity contribution in [1.82, 2.24) is 15.3 Å². The number of amides is 1. The molecule has 2 atom stereocenters. The number of rotatable bonds is 6. The molecule has 1 amide bonds. The Hall–Kier alpha value is -2.41. The number of nitrogens with zero attached hydrogens (tertiary/aromatic N) is 2. The Bertz CT molecular complexity index is 680. The van der Waals surface area contributed by atoms with Crippen LogP contribution in [0.3, 0.4) is 0 Å². The lowest BCUT2D eigenvalue weighted by molar-refractivity contribution is 0.0609. The maximum atomic E-state index is 12.6. The maximum absolute atomic E-state index is 12.6. The van der Waals surface area contributed by atoms with Crippen LogP contribution in [0.15, 0.2) is 29.1 Å². The van der Waals surface area contributed by atoms with Gasteiger partial charge in [-0.15, -0.1) is 0 Å². The van der Waals surface area contributed by atoms with E-state index in [0.29, 0.717) is 24.8 Å². The van der Waals surface area contributed by atoms with Gasteiger partial charge in [0.05, 0.1) is 18.7 Å². The molecular weight excluding hydrogens is 320 g/mol. The fourth-order valence-electron chi connectivity index (χ4n) is 3.04. The predicted octanol–water partition coefficient (Wildman–Crippen LogP) is 2.19. The second-order valence-electron chi connectivity index (χ2n) is 6.06. The van der Waals surface area contributed by atoms with Crippen LogP contribution in [0.2, 0.25) is 0 Å². The van der Waals surface area contributed by atoms with E-state index >= 15 is 0 Å². The van der Waals surface area contributed by atoms with E-state index in [1.165, 1.54) is 6.33 Å². The summed E-state index contributed by atoms with van der Waals surface area (Å²) in [5.74, 6) is 1.79. The van der Waals surface area contributed by atoms with Gasteiger partial charge in [0.2, 0.25) is 0 Å². The third-order valence-corrected chi connectivity index (χ3v) is 4.41. The summed E-state index contributed by atoms with van der Waals surface area (Å²) >= 11 is 0. The number of hydrogen-bond donors (Lipinski definition) is 2. The van der Waals surface area contributed by atoms with Gasteiger partial charge in [0.25, 0.3) is 5.91 Å². The minimum atomic E-state index is -0.184. The standard InChI is InChI=1S/C18H24N4O3/c1-3-12-9-16(25-15(12)4-2)18(23)22-13-6-8-24-10-14(13)21-17-5-7-19-11-20-17/h5,7,9,11,13-14H,3-4,6,8,10H2,1-2H3,(H,22,23)(H,19,20,21)/t13-,14+/m0/s1. The molecule has 134 valence electrons. The van der Waals surface area contributed by atoms with Gasteiger partial charge >= 0.3 is 0 Å². The first-order valence-electron chi connectivity index (χ1n) is 8.74. The third kappa shape index (κ3) is 4.17. The van der Waals surface area contributed by atoms with Crippen molar-refractivity contribution >= 4 is 11.7 Å². The molecule has 1 saturated heterocycles. The molecule has 25 heavy (non-hydrogen) atoms. The largest absolute Gasteiger partial charge is 0.456 e. The van der Waals surface area contributed by atoms with E-state index in [1.807, 2.05) is 13.0 Å². The summed E-state index contributed by atoms with van der Waals surface area (Å²) in [5.41, 5.74) is 1.09. The highest BCUT2D eigenvalue weighted by Crippen LogP contribution is 2.18. The molecule has 7 heteroatoms. The average molecular weight is 344 g/mol. The van der Waals surface area contributed by atoms with Crippen LogP contribution in [0, 0.1) is 0 Å². The summed E-state index contributed by atoms with van der Waals surface area (Å²) in [5, 5.41) is 6.38. The van der Waals surface area contributed by atoms with Crippen LogP contribution in [0.25, 0.3) is 0 Å². The number of furan rings is 1. The monoisotopic (exact) mass is 344 g/mol. The topological polar surface area (TPSA) is 89.3 Å². The Balaban J connectivity index is 1.68. The summed E-state index contributed by atoms with van der Waals surface area (Å²) in [7, 11) is 0. The van der Waals surface area contributed by atoms with E-state index in [0.717, 1.165) is 30.6 Å². The quantitative estimate of drug-likeness (QED) is 0.835. The van der Waals surface area contributed by atoms with Crippen LogP contribution in [-0.2, 0) is 17.6 Å². The van der Waals surface area contributed by atoms with Crippen molar-refractivity contribution in [3.05, 3.63) is 41.7 Å². The number of aryl methyl sites for hydroxylation is 2. The fraction of sp³-hybridized carbons (Fsp3) is 0.500. The predicted molar refractivity (Wildman–Crippen MR) is 93.6 cm³/mol. The van der Waals surface area contributed by atoms with Crippen molar-refractivity contribution in [2.24, 2.45) is 0 Å². The number of carbonyl (C=O) groups is 1. The Morgan fingerprint density at radius 2 is 2.20 bits per heavy atom. The normalized spacial score (nSPS) is 20.2. The van der Waals surface area contributed by atoms with Crippen LogP contribution in [-0.4, -0.2) is 41.2 Å². The average Bonchev–Trinajstić information content (AvgIpc) is 3.08. The Labute approximate surface area is 147 Å². The Morgan fingerprint density at radius 1 is 1.32 bits per heavy atom. The highest BCUT2D eigenvalue weighted by atomic mass is 16.5. The van der Waals surface area contributed by atoms with Gasteiger partial charge in [0.1, 0.15) is 17.9 Å². The number of anilines is 1. The molecule has 2 N–H and O–H groups in total. The Kier molecular flexibility index (Phi) is 5.65. The lowest BCUT2D eigenvalue weighted by Crippen LogP contribution is -2.52. The minimum absolute atomic E-state index is 0.0566. The van der Waals surface area contributed by atoms with Crippen molar-refractivity contribution in [1.29, 1.82) is 0 Å². The summed E-state index contributed by atoms with van der Waals surface area (Å²) in [6.45, 7) is 5.21. The zero-order valence-electron chi connectivity index (χ0n) is 14.6. The minimum Gasteiger partial charge on any atom is -0.456 e. The van der Waals surface area contributed by atoms with Gasteiger partial charge in [-0.05, 0) is 30.5 Å². The highest BCUT2D eigenvalue weighted by molar-refractivity contribution is 5.92. The second-order valence-corrected chi connectivity index (χ2v) is 6.06. The van der Waals surface area contributed by atoms with Crippen LogP contribution in [0.4, 0.5) is 5.82 Å². The van der Waals surface area contributed by atoms with Crippen molar-refractivity contribution in [3.8, 4) is 0 Å². The highest BCUT2D eigenvalue weighted by Gasteiger charge is 2.29. The molecule has 2 aromatic rings. The van der Waals surface area contributed by atoms with Crippen molar-refractivity contribution in [2.75, 3.05) is 18.5 Å². The van der Waals surface area contributed by atoms with Gasteiger partial charge in [0, 0.05) is 19.2 Å². The lowest BCUT2D eigenvalue weighted by atomic mass is 10.0. The van der Waals surface area contributed by atoms with E-state index in [1.54, 1.807) is 12.3 Å². The van der Waals surface area contributed by atoms with Gasteiger partial charge in [-0.1, -0.05) is 13.8 Å². The summed E-state index contributed by atoms with van der Waals surface area (Å²) in [4.78, 5) is 20.7. The van der Waals surface area contributed by atoms with Gasteiger partial charge < -0.3 is 19.8 Å². The summed E-state index contributed by atoms with van der Waals surface area (Å²) in [6, 6.07) is 3.52. The van der Waals surface area contributed by atoms with Gasteiger partial charge in [0.15, 0.2) is 5.76 Å². The Morgan fingerprint density at radius 3 is 2.88 bits per heavy atom. The molecule has 3 heterocycles. The molecule has 0 aliphatic carbocycles.